The second-order valence-electron chi connectivity index (χ2n) is 6.75. The Kier molecular flexibility index (Phi) is 4.38. The fraction of sp³-hybridized carbons (Fsp3) is 0.250. The molecule has 0 spiro atoms. The van der Waals surface area contributed by atoms with Crippen LogP contribution in [0.25, 0.3) is 22.1 Å². The number of anilines is 1. The Morgan fingerprint density at radius 2 is 2.00 bits per heavy atom. The van der Waals surface area contributed by atoms with E-state index in [0.717, 1.165) is 16.5 Å². The van der Waals surface area contributed by atoms with Crippen LogP contribution in [0.3, 0.4) is 0 Å². The van der Waals surface area contributed by atoms with Gasteiger partial charge in [-0.3, -0.25) is 13.9 Å². The highest BCUT2D eigenvalue weighted by Gasteiger charge is 2.18. The number of aromatic nitrogens is 5. The number of allylic oxidation sites excluding steroid dienone is 1. The maximum atomic E-state index is 12.6. The van der Waals surface area contributed by atoms with Crippen LogP contribution < -0.4 is 16.6 Å². The number of H-pyrrole nitrogens is 1. The predicted molar refractivity (Wildman–Crippen MR) is 111 cm³/mol. The first-order valence-electron chi connectivity index (χ1n) is 9.09. The van der Waals surface area contributed by atoms with Gasteiger partial charge in [0.1, 0.15) is 0 Å². The van der Waals surface area contributed by atoms with E-state index in [9.17, 15) is 9.59 Å². The Balaban J connectivity index is 1.68. The van der Waals surface area contributed by atoms with Crippen molar-refractivity contribution in [3.63, 3.8) is 0 Å². The molecule has 0 saturated heterocycles. The van der Waals surface area contributed by atoms with E-state index in [2.05, 4.69) is 27.9 Å². The van der Waals surface area contributed by atoms with Gasteiger partial charge in [0.05, 0.1) is 0 Å². The summed E-state index contributed by atoms with van der Waals surface area (Å²) in [6.45, 7) is 4.82. The Hall–Kier alpha value is -3.55. The number of imidazole rings is 1. The largest absolute Gasteiger partial charge is 0.361 e. The van der Waals surface area contributed by atoms with Gasteiger partial charge in [-0.15, -0.1) is 6.58 Å². The van der Waals surface area contributed by atoms with Crippen molar-refractivity contribution in [2.75, 3.05) is 11.9 Å². The molecule has 3 aromatic heterocycles. The SMILES string of the molecule is C=CCn1c(NCCc2c[nH]c3ccccc23)nc2c1c(=O)n(C)c(=O)n2C. The number of nitrogens with one attached hydrogen (secondary N) is 2. The van der Waals surface area contributed by atoms with E-state index in [1.54, 1.807) is 17.7 Å². The first kappa shape index (κ1) is 17.8. The van der Waals surface area contributed by atoms with Gasteiger partial charge in [-0.05, 0) is 18.1 Å². The maximum Gasteiger partial charge on any atom is 0.332 e. The van der Waals surface area contributed by atoms with Crippen LogP contribution in [0.2, 0.25) is 0 Å². The average Bonchev–Trinajstić information content (AvgIpc) is 3.27. The van der Waals surface area contributed by atoms with Crippen LogP contribution >= 0.6 is 0 Å². The maximum absolute atomic E-state index is 12.6. The molecule has 8 heteroatoms. The molecule has 0 amide bonds. The highest BCUT2D eigenvalue weighted by atomic mass is 16.2. The summed E-state index contributed by atoms with van der Waals surface area (Å²) in [5, 5.41) is 4.51. The van der Waals surface area contributed by atoms with E-state index in [-0.39, 0.29) is 5.56 Å². The van der Waals surface area contributed by atoms with Gasteiger partial charge in [0.25, 0.3) is 5.56 Å². The zero-order valence-corrected chi connectivity index (χ0v) is 15.9. The third-order valence-corrected chi connectivity index (χ3v) is 5.01. The minimum absolute atomic E-state index is 0.364. The fourth-order valence-corrected chi connectivity index (χ4v) is 3.54. The number of hydrogen-bond acceptors (Lipinski definition) is 4. The molecule has 4 aromatic rings. The van der Waals surface area contributed by atoms with Crippen molar-refractivity contribution in [1.29, 1.82) is 0 Å². The van der Waals surface area contributed by atoms with Crippen molar-refractivity contribution in [3.8, 4) is 0 Å². The number of para-hydroxylation sites is 1. The minimum atomic E-state index is -0.397. The zero-order valence-electron chi connectivity index (χ0n) is 15.9. The van der Waals surface area contributed by atoms with E-state index >= 15 is 0 Å². The number of aromatic amines is 1. The van der Waals surface area contributed by atoms with Gasteiger partial charge in [-0.1, -0.05) is 24.3 Å². The van der Waals surface area contributed by atoms with Gasteiger partial charge >= 0.3 is 5.69 Å². The molecule has 0 unspecified atom stereocenters. The predicted octanol–water partition coefficient (Wildman–Crippen LogP) is 1.76. The summed E-state index contributed by atoms with van der Waals surface area (Å²) in [6.07, 6.45) is 4.51. The van der Waals surface area contributed by atoms with Gasteiger partial charge in [0.2, 0.25) is 5.95 Å². The highest BCUT2D eigenvalue weighted by Crippen LogP contribution is 2.19. The summed E-state index contributed by atoms with van der Waals surface area (Å²) in [6, 6.07) is 8.16. The number of fused-ring (bicyclic) bond motifs is 2. The second kappa shape index (κ2) is 6.88. The molecule has 144 valence electrons. The van der Waals surface area contributed by atoms with Crippen molar-refractivity contribution in [1.82, 2.24) is 23.7 Å². The zero-order chi connectivity index (χ0) is 19.8. The van der Waals surface area contributed by atoms with Crippen molar-refractivity contribution in [2.24, 2.45) is 14.1 Å². The molecule has 2 N–H and O–H groups in total. The topological polar surface area (TPSA) is 89.6 Å². The molecule has 28 heavy (non-hydrogen) atoms. The Morgan fingerprint density at radius 3 is 2.79 bits per heavy atom. The quantitative estimate of drug-likeness (QED) is 0.500. The molecule has 0 bridgehead atoms. The summed E-state index contributed by atoms with van der Waals surface area (Å²) in [5.74, 6) is 0.549. The lowest BCUT2D eigenvalue weighted by Gasteiger charge is -2.08. The monoisotopic (exact) mass is 378 g/mol. The summed E-state index contributed by atoms with van der Waals surface area (Å²) in [5.41, 5.74) is 2.31. The summed E-state index contributed by atoms with van der Waals surface area (Å²) < 4.78 is 4.25. The van der Waals surface area contributed by atoms with Crippen LogP contribution in [-0.4, -0.2) is 30.2 Å². The standard InChI is InChI=1S/C20H22N6O2/c1-4-11-26-16-17(24(2)20(28)25(3)18(16)27)23-19(26)21-10-9-13-12-22-15-8-6-5-7-14(13)15/h4-8,12,22H,1,9-11H2,2-3H3,(H,21,23). The number of rotatable bonds is 6. The molecule has 0 fully saturated rings. The van der Waals surface area contributed by atoms with Crippen LogP contribution in [0.15, 0.2) is 52.7 Å². The first-order chi connectivity index (χ1) is 13.5. The average molecular weight is 378 g/mol. The van der Waals surface area contributed by atoms with Crippen LogP contribution in [0, 0.1) is 0 Å². The Morgan fingerprint density at radius 1 is 1.21 bits per heavy atom. The molecule has 4 rings (SSSR count). The molecule has 0 aliphatic rings. The lowest BCUT2D eigenvalue weighted by Crippen LogP contribution is -2.37. The summed E-state index contributed by atoms with van der Waals surface area (Å²) in [4.78, 5) is 32.6. The third kappa shape index (κ3) is 2.74. The molecule has 0 saturated carbocycles. The van der Waals surface area contributed by atoms with Crippen molar-refractivity contribution < 1.29 is 0 Å². The molecule has 0 atom stereocenters. The Bertz CT molecular complexity index is 1300. The number of benzene rings is 1. The van der Waals surface area contributed by atoms with Crippen LogP contribution in [0.4, 0.5) is 5.95 Å². The molecule has 0 aliphatic heterocycles. The molecule has 0 radical (unpaired) electrons. The lowest BCUT2D eigenvalue weighted by molar-refractivity contribution is 0.703. The Labute approximate surface area is 160 Å². The molecule has 0 aliphatic carbocycles. The smallest absolute Gasteiger partial charge is 0.332 e. The van der Waals surface area contributed by atoms with Crippen molar-refractivity contribution >= 4 is 28.0 Å². The second-order valence-corrected chi connectivity index (χ2v) is 6.75. The van der Waals surface area contributed by atoms with Gasteiger partial charge in [-0.25, -0.2) is 4.79 Å². The van der Waals surface area contributed by atoms with E-state index in [4.69, 9.17) is 0 Å². The normalized spacial score (nSPS) is 11.4. The highest BCUT2D eigenvalue weighted by molar-refractivity contribution is 5.83. The summed E-state index contributed by atoms with van der Waals surface area (Å²) in [7, 11) is 3.09. The first-order valence-corrected chi connectivity index (χ1v) is 9.09. The lowest BCUT2D eigenvalue weighted by atomic mass is 10.1. The molecular weight excluding hydrogens is 356 g/mol. The van der Waals surface area contributed by atoms with Crippen LogP contribution in [0.1, 0.15) is 5.56 Å². The van der Waals surface area contributed by atoms with Gasteiger partial charge in [0.15, 0.2) is 11.2 Å². The van der Waals surface area contributed by atoms with Gasteiger partial charge < -0.3 is 14.9 Å². The van der Waals surface area contributed by atoms with Crippen molar-refractivity contribution in [2.45, 2.75) is 13.0 Å². The van der Waals surface area contributed by atoms with Crippen LogP contribution in [-0.2, 0) is 27.1 Å². The van der Waals surface area contributed by atoms with E-state index < -0.39 is 5.69 Å². The third-order valence-electron chi connectivity index (χ3n) is 5.01. The van der Waals surface area contributed by atoms with E-state index in [1.165, 1.54) is 22.6 Å². The van der Waals surface area contributed by atoms with E-state index in [0.29, 0.717) is 30.2 Å². The summed E-state index contributed by atoms with van der Waals surface area (Å²) >= 11 is 0. The van der Waals surface area contributed by atoms with Gasteiger partial charge in [0, 0.05) is 44.3 Å². The van der Waals surface area contributed by atoms with Gasteiger partial charge in [-0.2, -0.15) is 4.98 Å². The molecule has 3 heterocycles. The minimum Gasteiger partial charge on any atom is -0.361 e. The molecule has 8 nitrogen and oxygen atoms in total. The number of hydrogen-bond donors (Lipinski definition) is 2. The molecule has 1 aromatic carbocycles. The fourth-order valence-electron chi connectivity index (χ4n) is 3.54. The van der Waals surface area contributed by atoms with Crippen LogP contribution in [0.5, 0.6) is 0 Å². The number of aryl methyl sites for hydroxylation is 1. The number of nitrogens with zero attached hydrogens (tertiary/aromatic N) is 4. The van der Waals surface area contributed by atoms with E-state index in [1.807, 2.05) is 24.4 Å². The van der Waals surface area contributed by atoms with Crippen molar-refractivity contribution in [3.05, 3.63) is 69.5 Å². The molecular formula is C20H22N6O2.